The van der Waals surface area contributed by atoms with Gasteiger partial charge in [0.2, 0.25) is 5.78 Å². The summed E-state index contributed by atoms with van der Waals surface area (Å²) in [4.78, 5) is 18.9. The van der Waals surface area contributed by atoms with E-state index in [1.165, 1.54) is 0 Å². The molecule has 1 heterocycles. The third kappa shape index (κ3) is 2.58. The lowest BCUT2D eigenvalue weighted by atomic mass is 10.1. The molecule has 0 radical (unpaired) electrons. The summed E-state index contributed by atoms with van der Waals surface area (Å²) in [6.07, 6.45) is 3.23. The quantitative estimate of drug-likeness (QED) is 0.354. The molecular formula is C10H5I3N2O. The van der Waals surface area contributed by atoms with E-state index in [0.29, 0.717) is 11.4 Å². The summed E-state index contributed by atoms with van der Waals surface area (Å²) >= 11 is 6.63. The Labute approximate surface area is 133 Å². The summed E-state index contributed by atoms with van der Waals surface area (Å²) in [6.45, 7) is 0. The summed E-state index contributed by atoms with van der Waals surface area (Å²) in [5.41, 5.74) is 0.701. The lowest BCUT2D eigenvalue weighted by Crippen LogP contribution is -2.07. The maximum absolute atomic E-state index is 12.1. The number of nitrogens with zero attached hydrogens (tertiary/aromatic N) is 1. The van der Waals surface area contributed by atoms with Crippen LogP contribution in [-0.4, -0.2) is 15.8 Å². The van der Waals surface area contributed by atoms with Crippen molar-refractivity contribution in [3.05, 3.63) is 46.6 Å². The van der Waals surface area contributed by atoms with Crippen LogP contribution in [-0.2, 0) is 0 Å². The Morgan fingerprint density at radius 1 is 1.25 bits per heavy atom. The van der Waals surface area contributed by atoms with Crippen LogP contribution in [0.4, 0.5) is 0 Å². The fourth-order valence-corrected chi connectivity index (χ4v) is 3.64. The molecule has 0 aliphatic carbocycles. The number of H-pyrrole nitrogens is 1. The minimum atomic E-state index is -0.0640. The molecule has 0 amide bonds. The van der Waals surface area contributed by atoms with E-state index in [0.717, 1.165) is 10.7 Å². The van der Waals surface area contributed by atoms with Crippen molar-refractivity contribution in [3.8, 4) is 0 Å². The molecule has 0 bridgehead atoms. The van der Waals surface area contributed by atoms with E-state index >= 15 is 0 Å². The van der Waals surface area contributed by atoms with Crippen molar-refractivity contribution in [1.82, 2.24) is 9.97 Å². The van der Waals surface area contributed by atoms with Crippen molar-refractivity contribution >= 4 is 73.6 Å². The van der Waals surface area contributed by atoms with Gasteiger partial charge in [-0.25, -0.2) is 4.98 Å². The number of benzene rings is 1. The van der Waals surface area contributed by atoms with Crippen LogP contribution < -0.4 is 0 Å². The first kappa shape index (κ1) is 12.7. The fourth-order valence-electron chi connectivity index (χ4n) is 1.24. The highest BCUT2D eigenvalue weighted by atomic mass is 127. The zero-order chi connectivity index (χ0) is 11.7. The van der Waals surface area contributed by atoms with Gasteiger partial charge >= 0.3 is 0 Å². The molecule has 1 aromatic carbocycles. The number of halogens is 3. The molecule has 82 valence electrons. The van der Waals surface area contributed by atoms with E-state index in [1.54, 1.807) is 12.4 Å². The third-order valence-electron chi connectivity index (χ3n) is 1.95. The second-order valence-electron chi connectivity index (χ2n) is 3.02. The van der Waals surface area contributed by atoms with Crippen molar-refractivity contribution in [1.29, 1.82) is 0 Å². The Kier molecular flexibility index (Phi) is 4.21. The van der Waals surface area contributed by atoms with Crippen LogP contribution in [0.25, 0.3) is 0 Å². The number of carbonyl (C=O) groups excluding carboxylic acids is 1. The van der Waals surface area contributed by atoms with E-state index in [1.807, 2.05) is 12.1 Å². The molecule has 2 aromatic rings. The summed E-state index contributed by atoms with van der Waals surface area (Å²) in [5.74, 6) is 0.321. The predicted octanol–water partition coefficient (Wildman–Crippen LogP) is 3.45. The Bertz CT molecular complexity index is 537. The number of imidazole rings is 1. The number of carbonyl (C=O) groups is 1. The molecule has 0 unspecified atom stereocenters. The van der Waals surface area contributed by atoms with Gasteiger partial charge in [-0.3, -0.25) is 4.79 Å². The first-order valence-electron chi connectivity index (χ1n) is 4.28. The number of hydrogen-bond donors (Lipinski definition) is 1. The lowest BCUT2D eigenvalue weighted by molar-refractivity contribution is 0.102. The monoisotopic (exact) mass is 550 g/mol. The minimum Gasteiger partial charge on any atom is -0.342 e. The number of rotatable bonds is 2. The molecule has 0 spiro atoms. The second kappa shape index (κ2) is 5.29. The van der Waals surface area contributed by atoms with E-state index < -0.39 is 0 Å². The number of ketones is 1. The van der Waals surface area contributed by atoms with Crippen LogP contribution in [0.5, 0.6) is 0 Å². The maximum Gasteiger partial charge on any atom is 0.229 e. The zero-order valence-electron chi connectivity index (χ0n) is 7.80. The average molecular weight is 550 g/mol. The molecule has 1 aromatic heterocycles. The van der Waals surface area contributed by atoms with Gasteiger partial charge in [-0.05, 0) is 79.9 Å². The summed E-state index contributed by atoms with van der Waals surface area (Å²) < 4.78 is 3.11. The van der Waals surface area contributed by atoms with Crippen molar-refractivity contribution in [2.75, 3.05) is 0 Å². The maximum atomic E-state index is 12.1. The van der Waals surface area contributed by atoms with Gasteiger partial charge in [0, 0.05) is 28.7 Å². The second-order valence-corrected chi connectivity index (χ2v) is 6.50. The van der Waals surface area contributed by atoms with Crippen LogP contribution in [0.3, 0.4) is 0 Å². The Morgan fingerprint density at radius 2 is 2.00 bits per heavy atom. The van der Waals surface area contributed by atoms with Crippen LogP contribution in [0.1, 0.15) is 16.2 Å². The topological polar surface area (TPSA) is 45.8 Å². The molecule has 2 rings (SSSR count). The minimum absolute atomic E-state index is 0.0640. The molecule has 0 atom stereocenters. The first-order valence-corrected chi connectivity index (χ1v) is 7.52. The van der Waals surface area contributed by atoms with Gasteiger partial charge in [-0.1, -0.05) is 0 Å². The zero-order valence-corrected chi connectivity index (χ0v) is 14.3. The molecule has 3 nitrogen and oxygen atoms in total. The Hall–Kier alpha value is 0.290. The number of aromatic nitrogens is 2. The van der Waals surface area contributed by atoms with Crippen LogP contribution in [0, 0.1) is 10.7 Å². The van der Waals surface area contributed by atoms with E-state index in [-0.39, 0.29) is 5.78 Å². The van der Waals surface area contributed by atoms with Crippen molar-refractivity contribution in [2.45, 2.75) is 0 Å². The van der Waals surface area contributed by atoms with Crippen LogP contribution in [0.15, 0.2) is 24.5 Å². The molecule has 0 saturated carbocycles. The molecule has 0 aliphatic rings. The molecule has 0 saturated heterocycles. The predicted molar refractivity (Wildman–Crippen MR) is 86.6 cm³/mol. The lowest BCUT2D eigenvalue weighted by Gasteiger charge is -2.05. The van der Waals surface area contributed by atoms with Gasteiger partial charge in [0.25, 0.3) is 0 Å². The van der Waals surface area contributed by atoms with Gasteiger partial charge in [0.05, 0.1) is 0 Å². The SMILES string of the molecule is O=C(c1ncc[nH]1)c1cc(I)cc(I)c1I. The average Bonchev–Trinajstić information content (AvgIpc) is 2.75. The van der Waals surface area contributed by atoms with E-state index in [9.17, 15) is 4.79 Å². The first-order chi connectivity index (χ1) is 7.59. The standard InChI is InChI=1S/C10H5I3N2O/c11-5-3-6(8(13)7(12)4-5)9(16)10-14-1-2-15-10/h1-4H,(H,14,15). The Morgan fingerprint density at radius 3 is 2.62 bits per heavy atom. The van der Waals surface area contributed by atoms with Crippen molar-refractivity contribution in [2.24, 2.45) is 0 Å². The Balaban J connectivity index is 2.52. The number of nitrogens with one attached hydrogen (secondary N) is 1. The van der Waals surface area contributed by atoms with E-state index in [2.05, 4.69) is 77.7 Å². The smallest absolute Gasteiger partial charge is 0.229 e. The van der Waals surface area contributed by atoms with Gasteiger partial charge in [-0.15, -0.1) is 0 Å². The highest BCUT2D eigenvalue weighted by Gasteiger charge is 2.17. The van der Waals surface area contributed by atoms with Crippen LogP contribution >= 0.6 is 67.8 Å². The summed E-state index contributed by atoms with van der Waals surface area (Å²) in [6, 6.07) is 3.93. The molecule has 1 N–H and O–H groups in total. The third-order valence-corrected chi connectivity index (χ3v) is 5.62. The van der Waals surface area contributed by atoms with Crippen LogP contribution in [0.2, 0.25) is 0 Å². The molecule has 0 fully saturated rings. The van der Waals surface area contributed by atoms with Gasteiger partial charge < -0.3 is 4.98 Å². The number of aromatic amines is 1. The van der Waals surface area contributed by atoms with Crippen molar-refractivity contribution in [3.63, 3.8) is 0 Å². The molecule has 6 heteroatoms. The van der Waals surface area contributed by atoms with Crippen molar-refractivity contribution < 1.29 is 4.79 Å². The highest BCUT2D eigenvalue weighted by molar-refractivity contribution is 14.1. The largest absolute Gasteiger partial charge is 0.342 e. The van der Waals surface area contributed by atoms with Gasteiger partial charge in [-0.2, -0.15) is 0 Å². The molecule has 0 aliphatic heterocycles. The summed E-state index contributed by atoms with van der Waals surface area (Å²) in [7, 11) is 0. The normalized spacial score (nSPS) is 10.4. The van der Waals surface area contributed by atoms with Gasteiger partial charge in [0.15, 0.2) is 5.82 Å². The van der Waals surface area contributed by atoms with Gasteiger partial charge in [0.1, 0.15) is 0 Å². The molecular weight excluding hydrogens is 545 g/mol. The van der Waals surface area contributed by atoms with E-state index in [4.69, 9.17) is 0 Å². The highest BCUT2D eigenvalue weighted by Crippen LogP contribution is 2.24. The number of hydrogen-bond acceptors (Lipinski definition) is 2. The fraction of sp³-hybridized carbons (Fsp3) is 0. The molecule has 16 heavy (non-hydrogen) atoms. The summed E-state index contributed by atoms with van der Waals surface area (Å²) in [5, 5.41) is 0.